The molecule has 1 aromatic carbocycles. The molecule has 0 aliphatic carbocycles. The first-order valence-electron chi connectivity index (χ1n) is 8.75. The van der Waals surface area contributed by atoms with E-state index in [0.717, 1.165) is 31.5 Å². The third-order valence-electron chi connectivity index (χ3n) is 5.05. The van der Waals surface area contributed by atoms with E-state index in [0.29, 0.717) is 17.9 Å². The molecule has 2 aliphatic rings. The maximum atomic E-state index is 12.6. The van der Waals surface area contributed by atoms with Crippen LogP contribution in [-0.2, 0) is 16.0 Å². The Morgan fingerprint density at radius 1 is 1.17 bits per heavy atom. The summed E-state index contributed by atoms with van der Waals surface area (Å²) in [7, 11) is 0. The molecule has 0 radical (unpaired) electrons. The number of rotatable bonds is 3. The first-order valence-corrected chi connectivity index (χ1v) is 8.75. The van der Waals surface area contributed by atoms with Crippen LogP contribution in [0.1, 0.15) is 48.5 Å². The Morgan fingerprint density at radius 2 is 1.92 bits per heavy atom. The summed E-state index contributed by atoms with van der Waals surface area (Å²) in [6, 6.07) is 7.45. The molecular formula is C19H24N2O3. The molecule has 2 heterocycles. The number of carbonyl (C=O) groups excluding carboxylic acids is 3. The van der Waals surface area contributed by atoms with Crippen LogP contribution in [-0.4, -0.2) is 35.7 Å². The standard InChI is InChI=1S/C19H24N2O3/c1-13-3-2-9-21(10-8-13)19(24)15-6-4-14(5-7-15)11-16-12-17(22)20-18(16)23/h4-7,13,16H,2-3,8-12H2,1H3,(H,20,22,23). The average Bonchev–Trinajstić information content (AvgIpc) is 2.74. The number of imide groups is 1. The van der Waals surface area contributed by atoms with Crippen LogP contribution in [0.5, 0.6) is 0 Å². The molecule has 1 aromatic rings. The second-order valence-electron chi connectivity index (χ2n) is 7.04. The number of benzene rings is 1. The fourth-order valence-corrected chi connectivity index (χ4v) is 3.49. The number of amides is 3. The normalized spacial score (nSPS) is 24.6. The molecule has 5 nitrogen and oxygen atoms in total. The fraction of sp³-hybridized carbons (Fsp3) is 0.526. The number of nitrogens with zero attached hydrogens (tertiary/aromatic N) is 1. The molecule has 128 valence electrons. The summed E-state index contributed by atoms with van der Waals surface area (Å²) >= 11 is 0. The van der Waals surface area contributed by atoms with Crippen molar-refractivity contribution in [2.45, 2.75) is 39.0 Å². The van der Waals surface area contributed by atoms with Crippen molar-refractivity contribution in [2.24, 2.45) is 11.8 Å². The van der Waals surface area contributed by atoms with E-state index in [9.17, 15) is 14.4 Å². The molecule has 3 rings (SSSR count). The molecule has 0 bridgehead atoms. The third kappa shape index (κ3) is 3.83. The first kappa shape index (κ1) is 16.7. The molecule has 3 amide bonds. The van der Waals surface area contributed by atoms with Crippen molar-refractivity contribution in [3.8, 4) is 0 Å². The van der Waals surface area contributed by atoms with Crippen LogP contribution in [0.3, 0.4) is 0 Å². The summed E-state index contributed by atoms with van der Waals surface area (Å²) in [4.78, 5) is 37.5. The highest BCUT2D eigenvalue weighted by Gasteiger charge is 2.30. The molecule has 2 unspecified atom stereocenters. The number of hydrogen-bond acceptors (Lipinski definition) is 3. The summed E-state index contributed by atoms with van der Waals surface area (Å²) in [6.45, 7) is 3.90. The quantitative estimate of drug-likeness (QED) is 0.865. The first-order chi connectivity index (χ1) is 11.5. The smallest absolute Gasteiger partial charge is 0.253 e. The molecule has 2 fully saturated rings. The molecule has 2 saturated heterocycles. The zero-order valence-electron chi connectivity index (χ0n) is 14.1. The molecule has 24 heavy (non-hydrogen) atoms. The number of likely N-dealkylation sites (tertiary alicyclic amines) is 1. The van der Waals surface area contributed by atoms with Crippen molar-refractivity contribution < 1.29 is 14.4 Å². The Balaban J connectivity index is 1.62. The molecule has 0 saturated carbocycles. The van der Waals surface area contributed by atoms with Crippen LogP contribution >= 0.6 is 0 Å². The van der Waals surface area contributed by atoms with Gasteiger partial charge in [-0.2, -0.15) is 0 Å². The molecule has 2 atom stereocenters. The van der Waals surface area contributed by atoms with E-state index in [4.69, 9.17) is 0 Å². The van der Waals surface area contributed by atoms with Gasteiger partial charge in [0, 0.05) is 25.1 Å². The average molecular weight is 328 g/mol. The highest BCUT2D eigenvalue weighted by molar-refractivity contribution is 6.03. The molecular weight excluding hydrogens is 304 g/mol. The van der Waals surface area contributed by atoms with Gasteiger partial charge in [-0.1, -0.05) is 19.1 Å². The van der Waals surface area contributed by atoms with E-state index in [1.165, 1.54) is 6.42 Å². The van der Waals surface area contributed by atoms with E-state index in [2.05, 4.69) is 12.2 Å². The van der Waals surface area contributed by atoms with Crippen molar-refractivity contribution in [3.05, 3.63) is 35.4 Å². The maximum Gasteiger partial charge on any atom is 0.253 e. The van der Waals surface area contributed by atoms with E-state index < -0.39 is 0 Å². The van der Waals surface area contributed by atoms with Gasteiger partial charge < -0.3 is 4.90 Å². The van der Waals surface area contributed by atoms with Crippen molar-refractivity contribution in [2.75, 3.05) is 13.1 Å². The predicted octanol–water partition coefficient (Wildman–Crippen LogP) is 2.15. The van der Waals surface area contributed by atoms with Gasteiger partial charge in [-0.25, -0.2) is 0 Å². The summed E-state index contributed by atoms with van der Waals surface area (Å²) in [5, 5.41) is 2.33. The Hall–Kier alpha value is -2.17. The number of hydrogen-bond donors (Lipinski definition) is 1. The Labute approximate surface area is 142 Å². The summed E-state index contributed by atoms with van der Waals surface area (Å²) in [6.07, 6.45) is 4.11. The van der Waals surface area contributed by atoms with Gasteiger partial charge >= 0.3 is 0 Å². The van der Waals surface area contributed by atoms with Gasteiger partial charge in [0.05, 0.1) is 5.92 Å². The van der Waals surface area contributed by atoms with E-state index in [-0.39, 0.29) is 30.1 Å². The van der Waals surface area contributed by atoms with Crippen LogP contribution in [0.4, 0.5) is 0 Å². The lowest BCUT2D eigenvalue weighted by Crippen LogP contribution is -2.32. The van der Waals surface area contributed by atoms with E-state index >= 15 is 0 Å². The van der Waals surface area contributed by atoms with Gasteiger partial charge in [0.1, 0.15) is 0 Å². The van der Waals surface area contributed by atoms with Crippen LogP contribution in [0.25, 0.3) is 0 Å². The highest BCUT2D eigenvalue weighted by Crippen LogP contribution is 2.20. The maximum absolute atomic E-state index is 12.6. The van der Waals surface area contributed by atoms with Gasteiger partial charge in [-0.05, 0) is 49.3 Å². The Bertz CT molecular complexity index is 639. The van der Waals surface area contributed by atoms with Gasteiger partial charge in [0.15, 0.2) is 0 Å². The lowest BCUT2D eigenvalue weighted by molar-refractivity contribution is -0.125. The topological polar surface area (TPSA) is 66.5 Å². The SMILES string of the molecule is CC1CCCN(C(=O)c2ccc(CC3CC(=O)NC3=O)cc2)CC1. The second-order valence-corrected chi connectivity index (χ2v) is 7.04. The molecule has 0 aromatic heterocycles. The zero-order chi connectivity index (χ0) is 17.1. The van der Waals surface area contributed by atoms with Gasteiger partial charge in [0.25, 0.3) is 5.91 Å². The Kier molecular flexibility index (Phi) is 4.97. The van der Waals surface area contributed by atoms with Gasteiger partial charge in [-0.3, -0.25) is 19.7 Å². The van der Waals surface area contributed by atoms with Crippen LogP contribution in [0.2, 0.25) is 0 Å². The fourth-order valence-electron chi connectivity index (χ4n) is 3.49. The van der Waals surface area contributed by atoms with Crippen molar-refractivity contribution in [1.82, 2.24) is 10.2 Å². The van der Waals surface area contributed by atoms with Gasteiger partial charge in [0.2, 0.25) is 11.8 Å². The minimum Gasteiger partial charge on any atom is -0.339 e. The van der Waals surface area contributed by atoms with Gasteiger partial charge in [-0.15, -0.1) is 0 Å². The summed E-state index contributed by atoms with van der Waals surface area (Å²) in [5.41, 5.74) is 1.67. The van der Waals surface area contributed by atoms with Crippen molar-refractivity contribution in [1.29, 1.82) is 0 Å². The van der Waals surface area contributed by atoms with E-state index in [1.807, 2.05) is 29.2 Å². The van der Waals surface area contributed by atoms with Crippen molar-refractivity contribution >= 4 is 17.7 Å². The minimum atomic E-state index is -0.286. The number of carbonyl (C=O) groups is 3. The highest BCUT2D eigenvalue weighted by atomic mass is 16.2. The monoisotopic (exact) mass is 328 g/mol. The third-order valence-corrected chi connectivity index (χ3v) is 5.05. The largest absolute Gasteiger partial charge is 0.339 e. The number of nitrogens with one attached hydrogen (secondary N) is 1. The molecule has 2 aliphatic heterocycles. The molecule has 5 heteroatoms. The summed E-state index contributed by atoms with van der Waals surface area (Å²) < 4.78 is 0. The molecule has 1 N–H and O–H groups in total. The van der Waals surface area contributed by atoms with Crippen molar-refractivity contribution in [3.63, 3.8) is 0 Å². The molecule has 0 spiro atoms. The lowest BCUT2D eigenvalue weighted by Gasteiger charge is -2.20. The zero-order valence-corrected chi connectivity index (χ0v) is 14.1. The van der Waals surface area contributed by atoms with Crippen LogP contribution in [0, 0.1) is 11.8 Å². The predicted molar refractivity (Wildman–Crippen MR) is 90.3 cm³/mol. The Morgan fingerprint density at radius 3 is 2.58 bits per heavy atom. The van der Waals surface area contributed by atoms with Crippen LogP contribution in [0.15, 0.2) is 24.3 Å². The minimum absolute atomic E-state index is 0.0874. The summed E-state index contributed by atoms with van der Waals surface area (Å²) in [5.74, 6) is 0.0899. The second kappa shape index (κ2) is 7.16. The van der Waals surface area contributed by atoms with Crippen LogP contribution < -0.4 is 5.32 Å². The van der Waals surface area contributed by atoms with E-state index in [1.54, 1.807) is 0 Å². The lowest BCUT2D eigenvalue weighted by atomic mass is 9.97.